The van der Waals surface area contributed by atoms with Crippen LogP contribution < -0.4 is 0 Å². The van der Waals surface area contributed by atoms with Crippen LogP contribution in [-0.4, -0.2) is 20.7 Å². The lowest BCUT2D eigenvalue weighted by molar-refractivity contribution is 0.393. The molecule has 3 nitrogen and oxygen atoms in total. The average molecular weight is 197 g/mol. The van der Waals surface area contributed by atoms with Gasteiger partial charge in [-0.15, -0.1) is 5.10 Å². The number of aromatic amines is 1. The second-order valence-electron chi connectivity index (χ2n) is 4.30. The van der Waals surface area contributed by atoms with Gasteiger partial charge in [0, 0.05) is 5.25 Å². The zero-order valence-electron chi connectivity index (χ0n) is 8.08. The van der Waals surface area contributed by atoms with Gasteiger partial charge in [-0.3, -0.25) is 0 Å². The molecule has 1 N–H and O–H groups in total. The molecule has 1 aliphatic rings. The van der Waals surface area contributed by atoms with E-state index in [9.17, 15) is 0 Å². The number of nitrogens with one attached hydrogen (secondary N) is 1. The second-order valence-corrected chi connectivity index (χ2v) is 5.52. The van der Waals surface area contributed by atoms with E-state index in [-0.39, 0.29) is 0 Å². The number of nitrogens with zero attached hydrogens (tertiary/aromatic N) is 2. The molecular formula is C9H15N3S. The molecule has 0 amide bonds. The zero-order chi connectivity index (χ0) is 9.31. The highest BCUT2D eigenvalue weighted by molar-refractivity contribution is 7.99. The van der Waals surface area contributed by atoms with Gasteiger partial charge >= 0.3 is 0 Å². The highest BCUT2D eigenvalue weighted by Crippen LogP contribution is 2.46. The van der Waals surface area contributed by atoms with Gasteiger partial charge < -0.3 is 0 Å². The van der Waals surface area contributed by atoms with Crippen LogP contribution in [0.4, 0.5) is 0 Å². The fourth-order valence-electron chi connectivity index (χ4n) is 1.91. The summed E-state index contributed by atoms with van der Waals surface area (Å²) < 4.78 is 0. The molecule has 13 heavy (non-hydrogen) atoms. The van der Waals surface area contributed by atoms with Gasteiger partial charge in [0.05, 0.1) is 6.20 Å². The van der Waals surface area contributed by atoms with Crippen LogP contribution in [0.1, 0.15) is 33.1 Å². The summed E-state index contributed by atoms with van der Waals surface area (Å²) >= 11 is 1.86. The predicted octanol–water partition coefficient (Wildman–Crippen LogP) is 2.48. The second kappa shape index (κ2) is 3.33. The van der Waals surface area contributed by atoms with Crippen molar-refractivity contribution in [3.05, 3.63) is 6.20 Å². The Balaban J connectivity index is 2.02. The summed E-state index contributed by atoms with van der Waals surface area (Å²) in [5, 5.41) is 12.3. The lowest BCUT2D eigenvalue weighted by Crippen LogP contribution is -2.19. The number of hydrogen-bond donors (Lipinski definition) is 1. The van der Waals surface area contributed by atoms with Gasteiger partial charge in [-0.05, 0) is 18.3 Å². The van der Waals surface area contributed by atoms with Crippen molar-refractivity contribution in [2.45, 2.75) is 43.4 Å². The summed E-state index contributed by atoms with van der Waals surface area (Å²) in [7, 11) is 0. The monoisotopic (exact) mass is 197 g/mol. The van der Waals surface area contributed by atoms with Crippen LogP contribution in [0.15, 0.2) is 11.2 Å². The Morgan fingerprint density at radius 3 is 3.00 bits per heavy atom. The normalized spacial score (nSPS) is 26.5. The fourth-order valence-corrected chi connectivity index (χ4v) is 3.13. The molecule has 1 saturated carbocycles. The molecule has 1 atom stereocenters. The molecule has 0 spiro atoms. The van der Waals surface area contributed by atoms with Crippen molar-refractivity contribution in [1.29, 1.82) is 0 Å². The molecule has 72 valence electrons. The number of aromatic nitrogens is 3. The molecule has 1 unspecified atom stereocenters. The van der Waals surface area contributed by atoms with Crippen molar-refractivity contribution in [2.24, 2.45) is 5.41 Å². The van der Waals surface area contributed by atoms with E-state index in [1.165, 1.54) is 19.3 Å². The first kappa shape index (κ1) is 9.06. The SMILES string of the molecule is CC1(C)CCCC1Sc1cn[nH]n1. The van der Waals surface area contributed by atoms with Crippen molar-refractivity contribution in [3.63, 3.8) is 0 Å². The Kier molecular flexibility index (Phi) is 2.32. The average Bonchev–Trinajstić information content (AvgIpc) is 2.63. The van der Waals surface area contributed by atoms with Crippen LogP contribution in [0.25, 0.3) is 0 Å². The molecular weight excluding hydrogens is 182 g/mol. The predicted molar refractivity (Wildman–Crippen MR) is 53.7 cm³/mol. The Hall–Kier alpha value is -0.510. The van der Waals surface area contributed by atoms with Gasteiger partial charge in [0.15, 0.2) is 0 Å². The standard InChI is InChI=1S/C9H15N3S/c1-9(2)5-3-4-7(9)13-8-6-10-12-11-8/h6-7H,3-5H2,1-2H3,(H,10,11,12). The molecule has 2 rings (SSSR count). The van der Waals surface area contributed by atoms with Gasteiger partial charge in [0.25, 0.3) is 0 Å². The number of thioether (sulfide) groups is 1. The third-order valence-corrected chi connectivity index (χ3v) is 4.41. The van der Waals surface area contributed by atoms with E-state index in [0.29, 0.717) is 10.7 Å². The van der Waals surface area contributed by atoms with Crippen LogP contribution in [-0.2, 0) is 0 Å². The Morgan fingerprint density at radius 1 is 1.62 bits per heavy atom. The van der Waals surface area contributed by atoms with Crippen LogP contribution in [0.5, 0.6) is 0 Å². The molecule has 0 aliphatic heterocycles. The fraction of sp³-hybridized carbons (Fsp3) is 0.778. The molecule has 4 heteroatoms. The van der Waals surface area contributed by atoms with Crippen molar-refractivity contribution in [3.8, 4) is 0 Å². The number of hydrogen-bond acceptors (Lipinski definition) is 3. The summed E-state index contributed by atoms with van der Waals surface area (Å²) in [6.45, 7) is 4.69. The minimum Gasteiger partial charge on any atom is -0.197 e. The molecule has 1 aromatic rings. The molecule has 1 fully saturated rings. The first-order chi connectivity index (χ1) is 6.18. The highest BCUT2D eigenvalue weighted by atomic mass is 32.2. The highest BCUT2D eigenvalue weighted by Gasteiger charge is 2.35. The zero-order valence-corrected chi connectivity index (χ0v) is 8.90. The van der Waals surface area contributed by atoms with Gasteiger partial charge in [-0.2, -0.15) is 10.3 Å². The molecule has 0 radical (unpaired) electrons. The van der Waals surface area contributed by atoms with Gasteiger partial charge in [-0.1, -0.05) is 32.0 Å². The van der Waals surface area contributed by atoms with Crippen molar-refractivity contribution in [1.82, 2.24) is 15.4 Å². The molecule has 1 aromatic heterocycles. The van der Waals surface area contributed by atoms with Gasteiger partial charge in [-0.25, -0.2) is 0 Å². The first-order valence-corrected chi connectivity index (χ1v) is 5.59. The van der Waals surface area contributed by atoms with E-state index >= 15 is 0 Å². The van der Waals surface area contributed by atoms with Gasteiger partial charge in [0.1, 0.15) is 5.03 Å². The molecule has 1 aliphatic carbocycles. The summed E-state index contributed by atoms with van der Waals surface area (Å²) in [6, 6.07) is 0. The number of rotatable bonds is 2. The van der Waals surface area contributed by atoms with E-state index < -0.39 is 0 Å². The molecule has 0 saturated heterocycles. The summed E-state index contributed by atoms with van der Waals surface area (Å²) in [5.74, 6) is 0. The largest absolute Gasteiger partial charge is 0.197 e. The summed E-state index contributed by atoms with van der Waals surface area (Å²) in [5.41, 5.74) is 0.462. The molecule has 1 heterocycles. The topological polar surface area (TPSA) is 41.6 Å². The molecule has 0 bridgehead atoms. The quantitative estimate of drug-likeness (QED) is 0.792. The van der Waals surface area contributed by atoms with Gasteiger partial charge in [0.2, 0.25) is 0 Å². The Labute approximate surface area is 82.7 Å². The third kappa shape index (κ3) is 1.88. The lowest BCUT2D eigenvalue weighted by atomic mass is 9.92. The van der Waals surface area contributed by atoms with Crippen LogP contribution in [0.3, 0.4) is 0 Å². The third-order valence-electron chi connectivity index (χ3n) is 2.81. The Morgan fingerprint density at radius 2 is 2.46 bits per heavy atom. The van der Waals surface area contributed by atoms with Crippen LogP contribution >= 0.6 is 11.8 Å². The Bertz CT molecular complexity index is 268. The maximum atomic E-state index is 4.07. The summed E-state index contributed by atoms with van der Waals surface area (Å²) in [6.07, 6.45) is 5.80. The van der Waals surface area contributed by atoms with E-state index in [0.717, 1.165) is 5.03 Å². The van der Waals surface area contributed by atoms with Crippen molar-refractivity contribution < 1.29 is 0 Å². The molecule has 0 aromatic carbocycles. The van der Waals surface area contributed by atoms with E-state index in [1.54, 1.807) is 6.20 Å². The number of H-pyrrole nitrogens is 1. The van der Waals surface area contributed by atoms with Crippen LogP contribution in [0, 0.1) is 5.41 Å². The van der Waals surface area contributed by atoms with E-state index in [4.69, 9.17) is 0 Å². The maximum absolute atomic E-state index is 4.07. The first-order valence-electron chi connectivity index (χ1n) is 4.71. The minimum atomic E-state index is 0.462. The van der Waals surface area contributed by atoms with E-state index in [1.807, 2.05) is 11.8 Å². The smallest absolute Gasteiger partial charge is 0.138 e. The maximum Gasteiger partial charge on any atom is 0.138 e. The summed E-state index contributed by atoms with van der Waals surface area (Å²) in [4.78, 5) is 0. The minimum absolute atomic E-state index is 0.462. The van der Waals surface area contributed by atoms with E-state index in [2.05, 4.69) is 29.3 Å². The van der Waals surface area contributed by atoms with Crippen molar-refractivity contribution in [2.75, 3.05) is 0 Å². The lowest BCUT2D eigenvalue weighted by Gasteiger charge is -2.25. The van der Waals surface area contributed by atoms with Crippen LogP contribution in [0.2, 0.25) is 0 Å². The van der Waals surface area contributed by atoms with Crippen molar-refractivity contribution >= 4 is 11.8 Å².